The van der Waals surface area contributed by atoms with E-state index in [2.05, 4.69) is 0 Å². The molecule has 2 aliphatic rings. The fourth-order valence-corrected chi connectivity index (χ4v) is 7.25. The topological polar surface area (TPSA) is 129 Å². The van der Waals surface area contributed by atoms with Gasteiger partial charge in [0, 0.05) is 50.4 Å². The molecule has 0 N–H and O–H groups in total. The minimum Gasteiger partial charge on any atom is -0.311 e. The average Bonchev–Trinajstić information content (AvgIpc) is 3.48. The zero-order valence-corrected chi connectivity index (χ0v) is 26.6. The summed E-state index contributed by atoms with van der Waals surface area (Å²) >= 11 is 12.8. The van der Waals surface area contributed by atoms with E-state index in [0.717, 1.165) is 23.5 Å². The molecule has 2 fully saturated rings. The highest BCUT2D eigenvalue weighted by Gasteiger charge is 2.42. The molecule has 10 nitrogen and oxygen atoms in total. The van der Waals surface area contributed by atoms with Crippen LogP contribution in [0.1, 0.15) is 25.7 Å². The maximum atomic E-state index is 13.4. The van der Waals surface area contributed by atoms with Crippen LogP contribution in [0.15, 0.2) is 70.5 Å². The number of carbonyl (C=O) groups excluding carboxylic acids is 4. The van der Waals surface area contributed by atoms with Crippen LogP contribution in [0.4, 0.5) is 11.4 Å². The number of rotatable bonds is 12. The predicted octanol–water partition coefficient (Wildman–Crippen LogP) is 4.59. The van der Waals surface area contributed by atoms with Gasteiger partial charge < -0.3 is 9.80 Å². The van der Waals surface area contributed by atoms with Crippen LogP contribution in [-0.4, -0.2) is 68.2 Å². The van der Waals surface area contributed by atoms with E-state index in [4.69, 9.17) is 35.0 Å². The molecule has 0 bridgehead atoms. The number of carbonyl (C=O) groups is 4. The summed E-state index contributed by atoms with van der Waals surface area (Å²) in [7, 11) is 0. The van der Waals surface area contributed by atoms with Gasteiger partial charge in [-0.05, 0) is 24.3 Å². The maximum absolute atomic E-state index is 13.4. The van der Waals surface area contributed by atoms with E-state index >= 15 is 0 Å². The van der Waals surface area contributed by atoms with E-state index in [0.29, 0.717) is 11.4 Å². The quantitative estimate of drug-likeness (QED) is 0.235. The Morgan fingerprint density at radius 3 is 1.39 bits per heavy atom. The van der Waals surface area contributed by atoms with Gasteiger partial charge in [-0.2, -0.15) is 10.5 Å². The van der Waals surface area contributed by atoms with Crippen LogP contribution >= 0.6 is 48.0 Å². The van der Waals surface area contributed by atoms with Gasteiger partial charge in [-0.1, -0.05) is 84.4 Å². The molecule has 2 aromatic rings. The predicted molar refractivity (Wildman–Crippen MR) is 178 cm³/mol. The molecule has 0 saturated carbocycles. The molecule has 4 rings (SSSR count). The number of hydrogen-bond donors (Lipinski definition) is 0. The Morgan fingerprint density at radius 2 is 1.05 bits per heavy atom. The van der Waals surface area contributed by atoms with Gasteiger partial charge in [0.05, 0.1) is 34.8 Å². The zero-order chi connectivity index (χ0) is 31.6. The van der Waals surface area contributed by atoms with Crippen LogP contribution in [-0.2, 0) is 19.2 Å². The van der Waals surface area contributed by atoms with Crippen molar-refractivity contribution in [3.05, 3.63) is 70.5 Å². The molecule has 44 heavy (non-hydrogen) atoms. The summed E-state index contributed by atoms with van der Waals surface area (Å²) in [5, 5.41) is 18.1. The Kier molecular flexibility index (Phi) is 11.6. The van der Waals surface area contributed by atoms with E-state index in [1.165, 1.54) is 19.6 Å². The second-order valence-electron chi connectivity index (χ2n) is 9.39. The summed E-state index contributed by atoms with van der Waals surface area (Å²) in [4.78, 5) is 58.8. The molecule has 14 heteroatoms. The number of thiocarbonyl (C=S) groups is 2. The highest BCUT2D eigenvalue weighted by Crippen LogP contribution is 2.42. The van der Waals surface area contributed by atoms with Gasteiger partial charge in [0.15, 0.2) is 0 Å². The Balaban J connectivity index is 1.41. The summed E-state index contributed by atoms with van der Waals surface area (Å²) < 4.78 is 0.440. The van der Waals surface area contributed by atoms with E-state index < -0.39 is 11.8 Å². The Bertz CT molecular complexity index is 1470. The number of nitriles is 2. The molecular formula is C30H26N6O4S4. The van der Waals surface area contributed by atoms with Gasteiger partial charge in [0.1, 0.15) is 8.64 Å². The first-order valence-corrected chi connectivity index (χ1v) is 16.0. The number of amides is 4. The Labute approximate surface area is 274 Å². The lowest BCUT2D eigenvalue weighted by Crippen LogP contribution is -2.37. The van der Waals surface area contributed by atoms with Gasteiger partial charge in [-0.25, -0.2) is 0 Å². The number of hydrogen-bond acceptors (Lipinski definition) is 10. The first-order valence-electron chi connectivity index (χ1n) is 13.5. The van der Waals surface area contributed by atoms with Gasteiger partial charge >= 0.3 is 0 Å². The fraction of sp³-hybridized carbons (Fsp3) is 0.267. The summed E-state index contributed by atoms with van der Waals surface area (Å²) in [5.74, 6) is -1.51. The number of nitrogens with zero attached hydrogens (tertiary/aromatic N) is 6. The van der Waals surface area contributed by atoms with E-state index in [-0.39, 0.29) is 82.1 Å². The van der Waals surface area contributed by atoms with E-state index in [9.17, 15) is 19.2 Å². The number of anilines is 2. The Hall–Kier alpha value is -4.08. The van der Waals surface area contributed by atoms with Crippen molar-refractivity contribution in [3.63, 3.8) is 0 Å². The number of para-hydroxylation sites is 2. The maximum Gasteiger partial charge on any atom is 0.267 e. The highest BCUT2D eigenvalue weighted by molar-refractivity contribution is 8.29. The van der Waals surface area contributed by atoms with Crippen molar-refractivity contribution in [2.24, 2.45) is 0 Å². The first-order chi connectivity index (χ1) is 21.3. The summed E-state index contributed by atoms with van der Waals surface area (Å²) in [6.45, 7) is 0.444. The SMILES string of the molecule is N#CCCN(C(=O)CCN1C(=O)C(=C2SC(=S)N(CCC(=O)N(CCC#N)c3ccccc3)C2=O)SC1=S)c1ccccc1. The molecule has 2 aliphatic heterocycles. The van der Waals surface area contributed by atoms with E-state index in [1.807, 2.05) is 24.3 Å². The molecule has 0 aromatic heterocycles. The van der Waals surface area contributed by atoms with Gasteiger partial charge in [0.25, 0.3) is 11.8 Å². The summed E-state index contributed by atoms with van der Waals surface area (Å²) in [6, 6.07) is 22.0. The zero-order valence-electron chi connectivity index (χ0n) is 23.4. The standard InChI is InChI=1S/C30H26N6O4S4/c31-15-7-17-33(21-9-3-1-4-10-21)23(37)13-19-35-27(39)25(43-29(35)41)26-28(40)36(30(42)44-26)20-14-24(38)34(18-8-16-32)22-11-5-2-6-12-22/h1-6,9-12H,7-8,13-14,17-20H2. The van der Waals surface area contributed by atoms with Crippen molar-refractivity contribution in [1.29, 1.82) is 10.5 Å². The third-order valence-electron chi connectivity index (χ3n) is 6.64. The fourth-order valence-electron chi connectivity index (χ4n) is 4.48. The van der Waals surface area contributed by atoms with Crippen LogP contribution in [0, 0.1) is 22.7 Å². The van der Waals surface area contributed by atoms with Crippen LogP contribution < -0.4 is 9.80 Å². The summed E-state index contributed by atoms with van der Waals surface area (Å²) in [6.07, 6.45) is 0.234. The largest absolute Gasteiger partial charge is 0.311 e. The second kappa shape index (κ2) is 15.6. The molecule has 0 unspecified atom stereocenters. The van der Waals surface area contributed by atoms with Crippen molar-refractivity contribution in [2.75, 3.05) is 36.0 Å². The average molecular weight is 663 g/mol. The molecule has 2 aromatic carbocycles. The van der Waals surface area contributed by atoms with Gasteiger partial charge in [-0.3, -0.25) is 29.0 Å². The molecule has 0 aliphatic carbocycles. The number of benzene rings is 2. The van der Waals surface area contributed by atoms with Crippen molar-refractivity contribution >= 4 is 91.6 Å². The highest BCUT2D eigenvalue weighted by atomic mass is 32.2. The second-order valence-corrected chi connectivity index (χ2v) is 12.7. The molecule has 2 saturated heterocycles. The lowest BCUT2D eigenvalue weighted by Gasteiger charge is -2.23. The first kappa shape index (κ1) is 32.8. The lowest BCUT2D eigenvalue weighted by molar-refractivity contribution is -0.126. The van der Waals surface area contributed by atoms with Crippen molar-refractivity contribution in [1.82, 2.24) is 9.80 Å². The molecule has 0 spiro atoms. The van der Waals surface area contributed by atoms with Crippen LogP contribution in [0.3, 0.4) is 0 Å². The van der Waals surface area contributed by atoms with Crippen LogP contribution in [0.25, 0.3) is 0 Å². The summed E-state index contributed by atoms with van der Waals surface area (Å²) in [5.41, 5.74) is 1.30. The molecule has 224 valence electrons. The molecular weight excluding hydrogens is 637 g/mol. The van der Waals surface area contributed by atoms with Gasteiger partial charge in [-0.15, -0.1) is 0 Å². The van der Waals surface area contributed by atoms with E-state index in [1.54, 1.807) is 48.5 Å². The third kappa shape index (κ3) is 7.70. The van der Waals surface area contributed by atoms with Crippen molar-refractivity contribution in [2.45, 2.75) is 25.7 Å². The monoisotopic (exact) mass is 662 g/mol. The minimum absolute atomic E-state index is 0.00963. The van der Waals surface area contributed by atoms with Crippen LogP contribution in [0.5, 0.6) is 0 Å². The van der Waals surface area contributed by atoms with Crippen molar-refractivity contribution < 1.29 is 19.2 Å². The number of thioether (sulfide) groups is 2. The van der Waals surface area contributed by atoms with Gasteiger partial charge in [0.2, 0.25) is 11.8 Å². The van der Waals surface area contributed by atoms with Crippen molar-refractivity contribution in [3.8, 4) is 12.1 Å². The molecule has 2 heterocycles. The third-order valence-corrected chi connectivity index (χ3v) is 9.66. The molecule has 4 amide bonds. The van der Waals surface area contributed by atoms with Crippen LogP contribution in [0.2, 0.25) is 0 Å². The molecule has 0 atom stereocenters. The molecule has 0 radical (unpaired) electrons. The minimum atomic E-state index is -0.487. The normalized spacial score (nSPS) is 16.2. The Morgan fingerprint density at radius 1 is 0.682 bits per heavy atom. The smallest absolute Gasteiger partial charge is 0.267 e. The lowest BCUT2D eigenvalue weighted by atomic mass is 10.2.